The van der Waals surface area contributed by atoms with Gasteiger partial charge in [-0.25, -0.2) is 0 Å². The fraction of sp³-hybridized carbons (Fsp3) is 0.550. The molecule has 0 radical (unpaired) electrons. The summed E-state index contributed by atoms with van der Waals surface area (Å²) in [5.74, 6) is -0.599. The average molecular weight is 417 g/mol. The molecule has 1 aromatic carbocycles. The normalized spacial score (nSPS) is 18.2. The van der Waals surface area contributed by atoms with E-state index < -0.39 is 16.9 Å². The van der Waals surface area contributed by atoms with Crippen molar-refractivity contribution in [3.05, 3.63) is 39.9 Å². The van der Waals surface area contributed by atoms with Crippen molar-refractivity contribution in [2.24, 2.45) is 0 Å². The number of nitro groups is 1. The highest BCUT2D eigenvalue weighted by Gasteiger charge is 2.28. The number of likely N-dealkylation sites (tertiary alicyclic amines) is 1. The van der Waals surface area contributed by atoms with Gasteiger partial charge in [-0.3, -0.25) is 29.4 Å². The van der Waals surface area contributed by atoms with Crippen molar-refractivity contribution in [2.75, 3.05) is 45.8 Å². The molecule has 1 aromatic rings. The molecule has 1 unspecified atom stereocenters. The zero-order valence-electron chi connectivity index (χ0n) is 17.1. The van der Waals surface area contributed by atoms with Gasteiger partial charge in [0.25, 0.3) is 11.6 Å². The largest absolute Gasteiger partial charge is 0.342 e. The fourth-order valence-electron chi connectivity index (χ4n) is 3.76. The lowest BCUT2D eigenvalue weighted by atomic mass is 10.1. The number of nitrogens with one attached hydrogen (secondary N) is 1. The Bertz CT molecular complexity index is 816. The van der Waals surface area contributed by atoms with E-state index in [1.807, 2.05) is 4.90 Å². The smallest absolute Gasteiger partial charge is 0.270 e. The first-order valence-electron chi connectivity index (χ1n) is 10.2. The van der Waals surface area contributed by atoms with Crippen molar-refractivity contribution >= 4 is 23.4 Å². The maximum Gasteiger partial charge on any atom is 0.270 e. The van der Waals surface area contributed by atoms with Crippen LogP contribution >= 0.6 is 0 Å². The van der Waals surface area contributed by atoms with Crippen LogP contribution in [0.1, 0.15) is 30.1 Å². The number of non-ortho nitro benzene ring substituents is 1. The number of amides is 3. The molecule has 2 heterocycles. The van der Waals surface area contributed by atoms with Gasteiger partial charge in [-0.2, -0.15) is 0 Å². The maximum absolute atomic E-state index is 12.7. The topological polar surface area (TPSA) is 116 Å². The number of piperazine rings is 1. The molecule has 0 saturated carbocycles. The van der Waals surface area contributed by atoms with Gasteiger partial charge in [0.05, 0.1) is 11.5 Å². The van der Waals surface area contributed by atoms with Crippen LogP contribution in [-0.4, -0.2) is 89.2 Å². The summed E-state index contributed by atoms with van der Waals surface area (Å²) in [5.41, 5.74) is -0.0460. The molecule has 0 aromatic heterocycles. The van der Waals surface area contributed by atoms with Crippen molar-refractivity contribution in [3.8, 4) is 0 Å². The van der Waals surface area contributed by atoms with Gasteiger partial charge in [0, 0.05) is 57.0 Å². The number of nitro benzene ring substituents is 1. The molecular formula is C20H27N5O5. The molecule has 3 rings (SSSR count). The monoisotopic (exact) mass is 417 g/mol. The van der Waals surface area contributed by atoms with Gasteiger partial charge in [0.1, 0.15) is 6.04 Å². The first-order chi connectivity index (χ1) is 14.3. The van der Waals surface area contributed by atoms with E-state index in [2.05, 4.69) is 10.2 Å². The van der Waals surface area contributed by atoms with E-state index in [1.165, 1.54) is 24.3 Å². The molecule has 1 atom stereocenters. The van der Waals surface area contributed by atoms with Crippen LogP contribution in [0.4, 0.5) is 5.69 Å². The van der Waals surface area contributed by atoms with Crippen molar-refractivity contribution in [3.63, 3.8) is 0 Å². The molecule has 2 aliphatic rings. The number of carbonyl (C=O) groups excluding carboxylic acids is 3. The zero-order chi connectivity index (χ0) is 21.7. The third-order valence-corrected chi connectivity index (χ3v) is 5.54. The molecule has 10 nitrogen and oxygen atoms in total. The van der Waals surface area contributed by atoms with E-state index >= 15 is 0 Å². The highest BCUT2D eigenvalue weighted by molar-refractivity contribution is 5.97. The lowest BCUT2D eigenvalue weighted by Gasteiger charge is -2.36. The molecule has 162 valence electrons. The van der Waals surface area contributed by atoms with Crippen molar-refractivity contribution in [1.29, 1.82) is 0 Å². The number of carbonyl (C=O) groups is 3. The van der Waals surface area contributed by atoms with E-state index in [-0.39, 0.29) is 23.1 Å². The molecule has 1 N–H and O–H groups in total. The molecule has 3 amide bonds. The molecule has 30 heavy (non-hydrogen) atoms. The summed E-state index contributed by atoms with van der Waals surface area (Å²) in [6.07, 6.45) is 2.13. The average Bonchev–Trinajstić information content (AvgIpc) is 3.29. The van der Waals surface area contributed by atoms with E-state index in [9.17, 15) is 24.5 Å². The number of nitrogens with zero attached hydrogens (tertiary/aromatic N) is 4. The van der Waals surface area contributed by atoms with Crippen LogP contribution in [0.3, 0.4) is 0 Å². The molecule has 0 aliphatic carbocycles. The summed E-state index contributed by atoms with van der Waals surface area (Å²) in [7, 11) is 0. The van der Waals surface area contributed by atoms with Crippen LogP contribution in [0, 0.1) is 10.1 Å². The molecule has 10 heteroatoms. The predicted molar refractivity (Wildman–Crippen MR) is 109 cm³/mol. The Morgan fingerprint density at radius 1 is 1.07 bits per heavy atom. The second-order valence-corrected chi connectivity index (χ2v) is 7.69. The van der Waals surface area contributed by atoms with Gasteiger partial charge in [-0.1, -0.05) is 6.07 Å². The predicted octanol–water partition coefficient (Wildman–Crippen LogP) is 0.480. The minimum Gasteiger partial charge on any atom is -0.342 e. The maximum atomic E-state index is 12.7. The highest BCUT2D eigenvalue weighted by Crippen LogP contribution is 2.14. The minimum absolute atomic E-state index is 0.133. The number of hydrogen-bond donors (Lipinski definition) is 1. The second-order valence-electron chi connectivity index (χ2n) is 7.69. The van der Waals surface area contributed by atoms with Gasteiger partial charge < -0.3 is 15.1 Å². The number of hydrogen-bond acceptors (Lipinski definition) is 6. The first-order valence-corrected chi connectivity index (χ1v) is 10.2. The standard InChI is InChI=1S/C20H27N5O5/c1-15(21-19(27)16-5-4-6-17(13-16)25(29)30)20(28)24-11-9-22(10-12-24)14-18(26)23-7-2-3-8-23/h4-6,13,15H,2-3,7-12,14H2,1H3,(H,21,27). The quantitative estimate of drug-likeness (QED) is 0.532. The fourth-order valence-corrected chi connectivity index (χ4v) is 3.76. The molecule has 0 bridgehead atoms. The number of rotatable bonds is 6. The van der Waals surface area contributed by atoms with Gasteiger partial charge in [0.15, 0.2) is 0 Å². The lowest BCUT2D eigenvalue weighted by Crippen LogP contribution is -2.55. The SMILES string of the molecule is CC(NC(=O)c1cccc([N+](=O)[O-])c1)C(=O)N1CCN(CC(=O)N2CCCC2)CC1. The van der Waals surface area contributed by atoms with Gasteiger partial charge >= 0.3 is 0 Å². The van der Waals surface area contributed by atoms with Gasteiger partial charge in [0.2, 0.25) is 11.8 Å². The van der Waals surface area contributed by atoms with Crippen LogP contribution in [-0.2, 0) is 9.59 Å². The highest BCUT2D eigenvalue weighted by atomic mass is 16.6. The van der Waals surface area contributed by atoms with Crippen molar-refractivity contribution in [2.45, 2.75) is 25.8 Å². The van der Waals surface area contributed by atoms with Crippen LogP contribution in [0.15, 0.2) is 24.3 Å². The van der Waals surface area contributed by atoms with Gasteiger partial charge in [-0.15, -0.1) is 0 Å². The molecule has 0 spiro atoms. The Labute approximate surface area is 174 Å². The van der Waals surface area contributed by atoms with Crippen molar-refractivity contribution < 1.29 is 19.3 Å². The summed E-state index contributed by atoms with van der Waals surface area (Å²) >= 11 is 0. The van der Waals surface area contributed by atoms with E-state index in [0.717, 1.165) is 25.9 Å². The van der Waals surface area contributed by atoms with Crippen molar-refractivity contribution in [1.82, 2.24) is 20.0 Å². The molecule has 2 fully saturated rings. The summed E-state index contributed by atoms with van der Waals surface area (Å²) in [6.45, 7) is 5.83. The number of benzene rings is 1. The first kappa shape index (κ1) is 21.7. The summed E-state index contributed by atoms with van der Waals surface area (Å²) < 4.78 is 0. The lowest BCUT2D eigenvalue weighted by molar-refractivity contribution is -0.384. The third kappa shape index (κ3) is 5.32. The zero-order valence-corrected chi connectivity index (χ0v) is 17.1. The van der Waals surface area contributed by atoms with E-state index in [1.54, 1.807) is 11.8 Å². The van der Waals surface area contributed by atoms with Crippen LogP contribution in [0.2, 0.25) is 0 Å². The molecule has 2 aliphatic heterocycles. The Balaban J connectivity index is 1.47. The van der Waals surface area contributed by atoms with Gasteiger partial charge in [-0.05, 0) is 25.8 Å². The minimum atomic E-state index is -0.755. The third-order valence-electron chi connectivity index (χ3n) is 5.54. The van der Waals surface area contributed by atoms with Crippen LogP contribution in [0.5, 0.6) is 0 Å². The molecular weight excluding hydrogens is 390 g/mol. The van der Waals surface area contributed by atoms with Crippen LogP contribution in [0.25, 0.3) is 0 Å². The summed E-state index contributed by atoms with van der Waals surface area (Å²) in [6, 6.07) is 4.63. The Morgan fingerprint density at radius 2 is 1.73 bits per heavy atom. The summed E-state index contributed by atoms with van der Waals surface area (Å²) in [5, 5.41) is 13.5. The Morgan fingerprint density at radius 3 is 2.37 bits per heavy atom. The molecule has 2 saturated heterocycles. The second kappa shape index (κ2) is 9.66. The Hall–Kier alpha value is -3.01. The van der Waals surface area contributed by atoms with E-state index in [0.29, 0.717) is 32.7 Å². The van der Waals surface area contributed by atoms with E-state index in [4.69, 9.17) is 0 Å². The van der Waals surface area contributed by atoms with Crippen LogP contribution < -0.4 is 5.32 Å². The Kier molecular flexibility index (Phi) is 6.99. The summed E-state index contributed by atoms with van der Waals surface area (Å²) in [4.78, 5) is 53.2.